The molecule has 1 aliphatic rings. The third kappa shape index (κ3) is 3.51. The molecule has 0 unspecified atom stereocenters. The van der Waals surface area contributed by atoms with Crippen molar-refractivity contribution in [2.24, 2.45) is 0 Å². The fourth-order valence-corrected chi connectivity index (χ4v) is 2.59. The number of piperazine rings is 1. The lowest BCUT2D eigenvalue weighted by Crippen LogP contribution is -2.48. The van der Waals surface area contributed by atoms with Crippen LogP contribution in [0.25, 0.3) is 5.65 Å². The molecule has 21 heavy (non-hydrogen) atoms. The summed E-state index contributed by atoms with van der Waals surface area (Å²) < 4.78 is 38.7. The van der Waals surface area contributed by atoms with Crippen molar-refractivity contribution in [2.75, 3.05) is 32.7 Å². The molecule has 3 rings (SSSR count). The quantitative estimate of drug-likeness (QED) is 0.859. The summed E-state index contributed by atoms with van der Waals surface area (Å²) in [6, 6.07) is 1.81. The third-order valence-corrected chi connectivity index (χ3v) is 3.61. The minimum Gasteiger partial charge on any atom is -0.296 e. The normalized spacial score (nSPS) is 18.4. The minimum absolute atomic E-state index is 0.437. The van der Waals surface area contributed by atoms with Gasteiger partial charge in [0.1, 0.15) is 0 Å². The predicted octanol–water partition coefficient (Wildman–Crippen LogP) is 1.41. The summed E-state index contributed by atoms with van der Waals surface area (Å²) in [5, 5.41) is 4.22. The van der Waals surface area contributed by atoms with Crippen molar-refractivity contribution in [3.05, 3.63) is 30.2 Å². The Morgan fingerprint density at radius 2 is 1.81 bits per heavy atom. The largest absolute Gasteiger partial charge is 0.401 e. The number of hydrogen-bond acceptors (Lipinski definition) is 4. The van der Waals surface area contributed by atoms with Crippen LogP contribution in [0.5, 0.6) is 0 Å². The van der Waals surface area contributed by atoms with Gasteiger partial charge in [-0.05, 0) is 6.07 Å². The van der Waals surface area contributed by atoms with E-state index in [0.29, 0.717) is 32.7 Å². The fraction of sp³-hybridized carbons (Fsp3) is 0.538. The predicted molar refractivity (Wildman–Crippen MR) is 70.8 cm³/mol. The molecule has 2 aromatic heterocycles. The van der Waals surface area contributed by atoms with Crippen molar-refractivity contribution in [3.8, 4) is 0 Å². The van der Waals surface area contributed by atoms with Crippen molar-refractivity contribution >= 4 is 5.65 Å². The van der Waals surface area contributed by atoms with Crippen LogP contribution < -0.4 is 0 Å². The van der Waals surface area contributed by atoms with Gasteiger partial charge in [0, 0.05) is 50.7 Å². The second kappa shape index (κ2) is 5.61. The Morgan fingerprint density at radius 1 is 1.10 bits per heavy atom. The topological polar surface area (TPSA) is 36.7 Å². The van der Waals surface area contributed by atoms with E-state index in [4.69, 9.17) is 0 Å². The van der Waals surface area contributed by atoms with Crippen LogP contribution in [0.15, 0.2) is 24.7 Å². The summed E-state index contributed by atoms with van der Waals surface area (Å²) in [4.78, 5) is 7.87. The molecule has 1 saturated heterocycles. The summed E-state index contributed by atoms with van der Waals surface area (Å²) in [6.45, 7) is 1.97. The van der Waals surface area contributed by atoms with Gasteiger partial charge in [-0.1, -0.05) is 0 Å². The monoisotopic (exact) mass is 299 g/mol. The molecular formula is C13H16F3N5. The number of alkyl halides is 3. The smallest absolute Gasteiger partial charge is 0.296 e. The van der Waals surface area contributed by atoms with Crippen molar-refractivity contribution in [1.29, 1.82) is 0 Å². The summed E-state index contributed by atoms with van der Waals surface area (Å²) in [7, 11) is 0. The molecule has 0 aliphatic carbocycles. The first-order chi connectivity index (χ1) is 10.0. The number of rotatable bonds is 3. The van der Waals surface area contributed by atoms with Crippen LogP contribution in [0, 0.1) is 0 Å². The molecule has 0 saturated carbocycles. The molecule has 0 radical (unpaired) electrons. The maximum absolute atomic E-state index is 12.3. The Kier molecular flexibility index (Phi) is 3.81. The van der Waals surface area contributed by atoms with Crippen LogP contribution in [0.4, 0.5) is 13.2 Å². The Balaban J connectivity index is 1.58. The molecule has 0 atom stereocenters. The standard InChI is InChI=1S/C13H16F3N5/c14-13(15,16)10-20-6-4-19(5-7-20)9-11-8-18-21-3-1-2-17-12(11)21/h1-3,8H,4-7,9-10H2. The van der Waals surface area contributed by atoms with Crippen molar-refractivity contribution in [3.63, 3.8) is 0 Å². The van der Waals surface area contributed by atoms with Crippen LogP contribution in [0.1, 0.15) is 5.56 Å². The van der Waals surface area contributed by atoms with E-state index >= 15 is 0 Å². The van der Waals surface area contributed by atoms with Crippen LogP contribution in [0.2, 0.25) is 0 Å². The molecule has 8 heteroatoms. The van der Waals surface area contributed by atoms with Gasteiger partial charge in [0.05, 0.1) is 12.7 Å². The average Bonchev–Trinajstić information content (AvgIpc) is 2.83. The summed E-state index contributed by atoms with van der Waals surface area (Å²) in [6.07, 6.45) is 1.19. The zero-order valence-corrected chi connectivity index (χ0v) is 11.4. The van der Waals surface area contributed by atoms with Gasteiger partial charge in [-0.15, -0.1) is 0 Å². The number of nitrogens with zero attached hydrogens (tertiary/aromatic N) is 5. The molecule has 0 N–H and O–H groups in total. The molecule has 114 valence electrons. The van der Waals surface area contributed by atoms with E-state index in [1.54, 1.807) is 23.0 Å². The Hall–Kier alpha value is -1.67. The zero-order chi connectivity index (χ0) is 14.9. The lowest BCUT2D eigenvalue weighted by atomic mass is 10.2. The van der Waals surface area contributed by atoms with E-state index in [2.05, 4.69) is 15.0 Å². The van der Waals surface area contributed by atoms with E-state index < -0.39 is 12.7 Å². The number of hydrogen-bond donors (Lipinski definition) is 0. The van der Waals surface area contributed by atoms with Gasteiger partial charge < -0.3 is 0 Å². The van der Waals surface area contributed by atoms with E-state index in [-0.39, 0.29) is 0 Å². The lowest BCUT2D eigenvalue weighted by Gasteiger charge is -2.34. The van der Waals surface area contributed by atoms with E-state index in [1.165, 1.54) is 4.90 Å². The second-order valence-electron chi connectivity index (χ2n) is 5.23. The van der Waals surface area contributed by atoms with Crippen molar-refractivity contribution in [2.45, 2.75) is 12.7 Å². The lowest BCUT2D eigenvalue weighted by molar-refractivity contribution is -0.149. The maximum Gasteiger partial charge on any atom is 0.401 e. The first-order valence-corrected chi connectivity index (χ1v) is 6.80. The number of aromatic nitrogens is 3. The van der Waals surface area contributed by atoms with Gasteiger partial charge >= 0.3 is 6.18 Å². The highest BCUT2D eigenvalue weighted by Gasteiger charge is 2.32. The second-order valence-corrected chi connectivity index (χ2v) is 5.23. The van der Waals surface area contributed by atoms with Gasteiger partial charge in [0.25, 0.3) is 0 Å². The van der Waals surface area contributed by atoms with E-state index in [1.807, 2.05) is 6.20 Å². The Morgan fingerprint density at radius 3 is 2.52 bits per heavy atom. The van der Waals surface area contributed by atoms with Crippen LogP contribution >= 0.6 is 0 Å². The maximum atomic E-state index is 12.3. The van der Waals surface area contributed by atoms with Gasteiger partial charge in [-0.3, -0.25) is 9.80 Å². The SMILES string of the molecule is FC(F)(F)CN1CCN(Cc2cnn3cccnc23)CC1. The van der Waals surface area contributed by atoms with E-state index in [0.717, 1.165) is 11.2 Å². The number of halogens is 3. The summed E-state index contributed by atoms with van der Waals surface area (Å²) in [5.41, 5.74) is 1.80. The van der Waals surface area contributed by atoms with Gasteiger partial charge in [-0.2, -0.15) is 18.3 Å². The highest BCUT2D eigenvalue weighted by atomic mass is 19.4. The van der Waals surface area contributed by atoms with Crippen LogP contribution in [0.3, 0.4) is 0 Å². The Labute approximate surface area is 120 Å². The highest BCUT2D eigenvalue weighted by molar-refractivity contribution is 5.45. The highest BCUT2D eigenvalue weighted by Crippen LogP contribution is 2.18. The first-order valence-electron chi connectivity index (χ1n) is 6.80. The number of fused-ring (bicyclic) bond motifs is 1. The van der Waals surface area contributed by atoms with Crippen LogP contribution in [-0.4, -0.2) is 63.3 Å². The molecule has 0 aromatic carbocycles. The van der Waals surface area contributed by atoms with Crippen LogP contribution in [-0.2, 0) is 6.54 Å². The fourth-order valence-electron chi connectivity index (χ4n) is 2.59. The zero-order valence-electron chi connectivity index (χ0n) is 11.4. The molecule has 1 aliphatic heterocycles. The average molecular weight is 299 g/mol. The molecule has 1 fully saturated rings. The van der Waals surface area contributed by atoms with E-state index in [9.17, 15) is 13.2 Å². The summed E-state index contributed by atoms with van der Waals surface area (Å²) >= 11 is 0. The molecule has 0 spiro atoms. The minimum atomic E-state index is -4.12. The molecular weight excluding hydrogens is 283 g/mol. The molecule has 0 bridgehead atoms. The summed E-state index contributed by atoms with van der Waals surface area (Å²) in [5.74, 6) is 0. The Bertz CT molecular complexity index is 601. The van der Waals surface area contributed by atoms with Gasteiger partial charge in [0.15, 0.2) is 5.65 Å². The van der Waals surface area contributed by atoms with Gasteiger partial charge in [-0.25, -0.2) is 9.50 Å². The molecule has 0 amide bonds. The first kappa shape index (κ1) is 14.3. The molecule has 5 nitrogen and oxygen atoms in total. The molecule has 3 heterocycles. The van der Waals surface area contributed by atoms with Crippen molar-refractivity contribution < 1.29 is 13.2 Å². The van der Waals surface area contributed by atoms with Crippen molar-refractivity contribution in [1.82, 2.24) is 24.4 Å². The third-order valence-electron chi connectivity index (χ3n) is 3.61. The molecule has 2 aromatic rings. The van der Waals surface area contributed by atoms with Gasteiger partial charge in [0.2, 0.25) is 0 Å².